The van der Waals surface area contributed by atoms with Crippen LogP contribution in [0.5, 0.6) is 5.75 Å². The molecule has 0 amide bonds. The molecule has 6 heteroatoms. The fourth-order valence-corrected chi connectivity index (χ4v) is 1.78. The average Bonchev–Trinajstić information content (AvgIpc) is 2.37. The molecule has 1 aromatic carbocycles. The number of carboxylic acid groups (broad SMARTS) is 1. The van der Waals surface area contributed by atoms with Gasteiger partial charge < -0.3 is 15.2 Å². The molecule has 0 aromatic heterocycles. The maximum Gasteiger partial charge on any atom is 0.344 e. The SMILES string of the molecule is CCC(Oc1c(F)cc(CNCC(C)C)cc1F)C(=O)O. The van der Waals surface area contributed by atoms with E-state index in [0.717, 1.165) is 18.7 Å². The molecule has 118 valence electrons. The van der Waals surface area contributed by atoms with Crippen LogP contribution in [-0.4, -0.2) is 23.7 Å². The van der Waals surface area contributed by atoms with E-state index in [2.05, 4.69) is 5.32 Å². The van der Waals surface area contributed by atoms with Crippen molar-refractivity contribution < 1.29 is 23.4 Å². The summed E-state index contributed by atoms with van der Waals surface area (Å²) < 4.78 is 32.7. The Labute approximate surface area is 123 Å². The van der Waals surface area contributed by atoms with E-state index in [1.807, 2.05) is 13.8 Å². The fourth-order valence-electron chi connectivity index (χ4n) is 1.78. The van der Waals surface area contributed by atoms with Gasteiger partial charge in [0.1, 0.15) is 0 Å². The normalized spacial score (nSPS) is 12.5. The molecule has 1 rings (SSSR count). The molecule has 0 aliphatic carbocycles. The lowest BCUT2D eigenvalue weighted by molar-refractivity contribution is -0.145. The van der Waals surface area contributed by atoms with Crippen LogP contribution in [0.3, 0.4) is 0 Å². The van der Waals surface area contributed by atoms with Crippen molar-refractivity contribution in [2.24, 2.45) is 5.92 Å². The van der Waals surface area contributed by atoms with E-state index in [4.69, 9.17) is 9.84 Å². The predicted octanol–water partition coefficient (Wildman–Crippen LogP) is 2.95. The van der Waals surface area contributed by atoms with Gasteiger partial charge in [0.2, 0.25) is 0 Å². The van der Waals surface area contributed by atoms with E-state index >= 15 is 0 Å². The number of benzene rings is 1. The lowest BCUT2D eigenvalue weighted by atomic mass is 10.1. The molecule has 0 fully saturated rings. The second-order valence-corrected chi connectivity index (χ2v) is 5.27. The van der Waals surface area contributed by atoms with Crippen LogP contribution >= 0.6 is 0 Å². The summed E-state index contributed by atoms with van der Waals surface area (Å²) in [6, 6.07) is 2.31. The fraction of sp³-hybridized carbons (Fsp3) is 0.533. The molecule has 0 saturated carbocycles. The van der Waals surface area contributed by atoms with Gasteiger partial charge in [0.15, 0.2) is 23.5 Å². The summed E-state index contributed by atoms with van der Waals surface area (Å²) in [5.74, 6) is -3.24. The molecule has 0 saturated heterocycles. The third-order valence-corrected chi connectivity index (χ3v) is 2.85. The molecule has 2 N–H and O–H groups in total. The summed E-state index contributed by atoms with van der Waals surface area (Å²) in [5.41, 5.74) is 0.446. The Balaban J connectivity index is 2.82. The maximum absolute atomic E-state index is 13.9. The molecular formula is C15H21F2NO3. The molecule has 0 heterocycles. The third kappa shape index (κ3) is 5.30. The van der Waals surface area contributed by atoms with Crippen molar-refractivity contribution in [1.82, 2.24) is 5.32 Å². The highest BCUT2D eigenvalue weighted by Crippen LogP contribution is 2.25. The van der Waals surface area contributed by atoms with Crippen LogP contribution in [0, 0.1) is 17.6 Å². The largest absolute Gasteiger partial charge is 0.479 e. The third-order valence-electron chi connectivity index (χ3n) is 2.85. The van der Waals surface area contributed by atoms with Crippen LogP contribution < -0.4 is 10.1 Å². The molecule has 1 aromatic rings. The van der Waals surface area contributed by atoms with Crippen LogP contribution in [0.25, 0.3) is 0 Å². The molecule has 4 nitrogen and oxygen atoms in total. The summed E-state index contributed by atoms with van der Waals surface area (Å²) in [6.45, 7) is 6.70. The van der Waals surface area contributed by atoms with Crippen molar-refractivity contribution in [3.63, 3.8) is 0 Å². The monoisotopic (exact) mass is 301 g/mol. The van der Waals surface area contributed by atoms with E-state index in [0.29, 0.717) is 18.0 Å². The maximum atomic E-state index is 13.9. The van der Waals surface area contributed by atoms with E-state index < -0.39 is 29.5 Å². The Morgan fingerprint density at radius 2 is 1.90 bits per heavy atom. The number of hydrogen-bond donors (Lipinski definition) is 2. The number of hydrogen-bond acceptors (Lipinski definition) is 3. The average molecular weight is 301 g/mol. The molecule has 0 aliphatic heterocycles. The molecule has 0 spiro atoms. The molecule has 21 heavy (non-hydrogen) atoms. The lowest BCUT2D eigenvalue weighted by Gasteiger charge is -2.15. The Bertz CT molecular complexity index is 469. The van der Waals surface area contributed by atoms with Gasteiger partial charge in [0.05, 0.1) is 0 Å². The van der Waals surface area contributed by atoms with Crippen LogP contribution in [0.4, 0.5) is 8.78 Å². The Kier molecular flexibility index (Phi) is 6.55. The second-order valence-electron chi connectivity index (χ2n) is 5.27. The van der Waals surface area contributed by atoms with Crippen LogP contribution in [0.2, 0.25) is 0 Å². The topological polar surface area (TPSA) is 58.6 Å². The minimum atomic E-state index is -1.26. The first-order valence-electron chi connectivity index (χ1n) is 6.93. The van der Waals surface area contributed by atoms with Crippen molar-refractivity contribution >= 4 is 5.97 Å². The van der Waals surface area contributed by atoms with E-state index in [9.17, 15) is 13.6 Å². The minimum Gasteiger partial charge on any atom is -0.479 e. The van der Waals surface area contributed by atoms with Crippen LogP contribution in [0.15, 0.2) is 12.1 Å². The molecule has 0 radical (unpaired) electrons. The van der Waals surface area contributed by atoms with Gasteiger partial charge in [-0.25, -0.2) is 13.6 Å². The van der Waals surface area contributed by atoms with Gasteiger partial charge in [0.25, 0.3) is 0 Å². The quantitative estimate of drug-likeness (QED) is 0.775. The van der Waals surface area contributed by atoms with Crippen molar-refractivity contribution in [1.29, 1.82) is 0 Å². The van der Waals surface area contributed by atoms with E-state index in [1.165, 1.54) is 0 Å². The summed E-state index contributed by atoms with van der Waals surface area (Å²) in [4.78, 5) is 10.8. The van der Waals surface area contributed by atoms with Gasteiger partial charge in [-0.2, -0.15) is 0 Å². The zero-order chi connectivity index (χ0) is 16.0. The van der Waals surface area contributed by atoms with E-state index in [1.54, 1.807) is 6.92 Å². The first-order chi connectivity index (χ1) is 9.85. The number of carbonyl (C=O) groups is 1. The van der Waals surface area contributed by atoms with Crippen molar-refractivity contribution in [2.45, 2.75) is 39.8 Å². The number of nitrogens with one attached hydrogen (secondary N) is 1. The first kappa shape index (κ1) is 17.4. The lowest BCUT2D eigenvalue weighted by Crippen LogP contribution is -2.27. The van der Waals surface area contributed by atoms with E-state index in [-0.39, 0.29) is 6.42 Å². The molecule has 0 aliphatic rings. The zero-order valence-electron chi connectivity index (χ0n) is 12.5. The predicted molar refractivity (Wildman–Crippen MR) is 75.2 cm³/mol. The summed E-state index contributed by atoms with van der Waals surface area (Å²) in [6.07, 6.45) is -1.15. The Morgan fingerprint density at radius 3 is 2.33 bits per heavy atom. The number of halogens is 2. The van der Waals surface area contributed by atoms with Gasteiger partial charge in [-0.05, 0) is 36.6 Å². The standard InChI is InChI=1S/C15H21F2NO3/c1-4-13(15(19)20)21-14-11(16)5-10(6-12(14)17)8-18-7-9(2)3/h5-6,9,13,18H,4,7-8H2,1-3H3,(H,19,20). The van der Waals surface area contributed by atoms with Gasteiger partial charge in [-0.1, -0.05) is 20.8 Å². The molecular weight excluding hydrogens is 280 g/mol. The minimum absolute atomic E-state index is 0.117. The molecule has 0 bridgehead atoms. The summed E-state index contributed by atoms with van der Waals surface area (Å²) in [5, 5.41) is 11.9. The van der Waals surface area contributed by atoms with Gasteiger partial charge >= 0.3 is 5.97 Å². The van der Waals surface area contributed by atoms with Crippen LogP contribution in [-0.2, 0) is 11.3 Å². The van der Waals surface area contributed by atoms with Gasteiger partial charge in [-0.15, -0.1) is 0 Å². The number of ether oxygens (including phenoxy) is 1. The smallest absolute Gasteiger partial charge is 0.344 e. The zero-order valence-corrected chi connectivity index (χ0v) is 12.5. The van der Waals surface area contributed by atoms with Crippen molar-refractivity contribution in [3.05, 3.63) is 29.3 Å². The number of aliphatic carboxylic acids is 1. The molecule has 1 unspecified atom stereocenters. The van der Waals surface area contributed by atoms with Crippen LogP contribution in [0.1, 0.15) is 32.8 Å². The van der Waals surface area contributed by atoms with Crippen molar-refractivity contribution in [3.8, 4) is 5.75 Å². The highest BCUT2D eigenvalue weighted by Gasteiger charge is 2.22. The summed E-state index contributed by atoms with van der Waals surface area (Å²) >= 11 is 0. The Hall–Kier alpha value is -1.69. The highest BCUT2D eigenvalue weighted by atomic mass is 19.1. The summed E-state index contributed by atoms with van der Waals surface area (Å²) in [7, 11) is 0. The van der Waals surface area contributed by atoms with Gasteiger partial charge in [0, 0.05) is 6.54 Å². The highest BCUT2D eigenvalue weighted by molar-refractivity contribution is 5.72. The van der Waals surface area contributed by atoms with Crippen molar-refractivity contribution in [2.75, 3.05) is 6.54 Å². The molecule has 1 atom stereocenters. The second kappa shape index (κ2) is 7.93. The Morgan fingerprint density at radius 1 is 1.33 bits per heavy atom. The number of carboxylic acids is 1. The number of rotatable bonds is 8. The van der Waals surface area contributed by atoms with Gasteiger partial charge in [-0.3, -0.25) is 0 Å². The first-order valence-corrected chi connectivity index (χ1v) is 6.93.